The number of nitrogens with zero attached hydrogens (tertiary/aromatic N) is 3. The Bertz CT molecular complexity index is 1170. The third-order valence-electron chi connectivity index (χ3n) is 4.48. The normalized spacial score (nSPS) is 11.2. The highest BCUT2D eigenvalue weighted by atomic mass is 16.5. The average Bonchev–Trinajstić information content (AvgIpc) is 3.37. The Kier molecular flexibility index (Phi) is 5.11. The summed E-state index contributed by atoms with van der Waals surface area (Å²) in [4.78, 5) is 20.3. The third-order valence-corrected chi connectivity index (χ3v) is 4.48. The van der Waals surface area contributed by atoms with Crippen molar-refractivity contribution in [1.82, 2.24) is 9.55 Å². The summed E-state index contributed by atoms with van der Waals surface area (Å²) in [5.74, 6) is 0.904. The van der Waals surface area contributed by atoms with E-state index in [1.165, 1.54) is 7.11 Å². The number of benzene rings is 1. The zero-order chi connectivity index (χ0) is 20.2. The Labute approximate surface area is 167 Å². The Morgan fingerprint density at radius 1 is 1.17 bits per heavy atom. The highest BCUT2D eigenvalue weighted by Crippen LogP contribution is 2.23. The quantitative estimate of drug-likeness (QED) is 0.364. The Morgan fingerprint density at radius 3 is 2.79 bits per heavy atom. The fourth-order valence-corrected chi connectivity index (χ4v) is 3.06. The summed E-state index contributed by atoms with van der Waals surface area (Å²) in [7, 11) is 2.90. The lowest BCUT2D eigenvalue weighted by Gasteiger charge is -2.02. The maximum absolute atomic E-state index is 11.6. The van der Waals surface area contributed by atoms with Crippen molar-refractivity contribution in [2.75, 3.05) is 14.2 Å². The predicted octanol–water partition coefficient (Wildman–Crippen LogP) is 4.22. The molecule has 0 fully saturated rings. The number of rotatable bonds is 6. The summed E-state index contributed by atoms with van der Waals surface area (Å²) in [5, 5.41) is 1.07. The van der Waals surface area contributed by atoms with E-state index >= 15 is 0 Å². The predicted molar refractivity (Wildman–Crippen MR) is 109 cm³/mol. The molecule has 29 heavy (non-hydrogen) atoms. The van der Waals surface area contributed by atoms with E-state index in [0.717, 1.165) is 22.2 Å². The zero-order valence-corrected chi connectivity index (χ0v) is 16.0. The lowest BCUT2D eigenvalue weighted by atomic mass is 10.2. The molecule has 3 heterocycles. The number of hydrogen-bond donors (Lipinski definition) is 0. The van der Waals surface area contributed by atoms with Gasteiger partial charge in [0.15, 0.2) is 0 Å². The van der Waals surface area contributed by atoms with Crippen LogP contribution in [0.3, 0.4) is 0 Å². The second-order valence-electron chi connectivity index (χ2n) is 6.30. The molecule has 3 aromatic heterocycles. The number of carbonyl (C=O) groups is 1. The van der Waals surface area contributed by atoms with Crippen LogP contribution in [0.15, 0.2) is 70.3 Å². The minimum Gasteiger partial charge on any atom is -0.481 e. The number of ether oxygens (including phenoxy) is 2. The van der Waals surface area contributed by atoms with Gasteiger partial charge in [-0.2, -0.15) is 0 Å². The third kappa shape index (κ3) is 3.89. The van der Waals surface area contributed by atoms with Gasteiger partial charge in [0.05, 0.1) is 32.6 Å². The Balaban J connectivity index is 1.63. The summed E-state index contributed by atoms with van der Waals surface area (Å²) in [6, 6.07) is 15.1. The van der Waals surface area contributed by atoms with Crippen molar-refractivity contribution in [3.8, 4) is 5.88 Å². The fourth-order valence-electron chi connectivity index (χ4n) is 3.06. The molecule has 0 N–H and O–H groups in total. The molecule has 4 rings (SSSR count). The standard InChI is InChI=1S/C22H19N3O4/c1-27-21-10-7-16(12-24-21)23-11-15-13-25(19-6-4-3-5-18(15)19)14-17-8-9-20(29-17)22(26)28-2/h3-13H,14H2,1-2H3. The van der Waals surface area contributed by atoms with E-state index in [0.29, 0.717) is 18.2 Å². The second kappa shape index (κ2) is 8.02. The first-order chi connectivity index (χ1) is 14.2. The number of pyridine rings is 1. The van der Waals surface area contributed by atoms with Gasteiger partial charge in [-0.15, -0.1) is 0 Å². The van der Waals surface area contributed by atoms with Crippen LogP contribution in [0, 0.1) is 0 Å². The Morgan fingerprint density at radius 2 is 2.03 bits per heavy atom. The van der Waals surface area contributed by atoms with Crippen LogP contribution in [0.1, 0.15) is 21.9 Å². The largest absolute Gasteiger partial charge is 0.481 e. The lowest BCUT2D eigenvalue weighted by Crippen LogP contribution is -1.99. The molecule has 0 saturated heterocycles. The second-order valence-corrected chi connectivity index (χ2v) is 6.30. The van der Waals surface area contributed by atoms with Gasteiger partial charge in [-0.25, -0.2) is 9.78 Å². The molecule has 0 aliphatic rings. The smallest absolute Gasteiger partial charge is 0.373 e. The Hall–Kier alpha value is -3.87. The van der Waals surface area contributed by atoms with Crippen LogP contribution in [0.25, 0.3) is 10.9 Å². The molecule has 0 atom stereocenters. The summed E-state index contributed by atoms with van der Waals surface area (Å²) in [6.07, 6.45) is 5.47. The molecule has 0 unspecified atom stereocenters. The van der Waals surface area contributed by atoms with Gasteiger partial charge in [-0.3, -0.25) is 4.99 Å². The van der Waals surface area contributed by atoms with Gasteiger partial charge in [0.1, 0.15) is 5.76 Å². The van der Waals surface area contributed by atoms with Crippen LogP contribution < -0.4 is 4.74 Å². The molecule has 146 valence electrons. The number of para-hydroxylation sites is 1. The van der Waals surface area contributed by atoms with Gasteiger partial charge < -0.3 is 18.5 Å². The van der Waals surface area contributed by atoms with E-state index in [4.69, 9.17) is 13.9 Å². The summed E-state index contributed by atoms with van der Waals surface area (Å²) in [5.41, 5.74) is 2.74. The molecule has 4 aromatic rings. The molecule has 1 aromatic carbocycles. The SMILES string of the molecule is COC(=O)c1ccc(Cn2cc(C=Nc3ccc(OC)nc3)c3ccccc32)o1. The monoisotopic (exact) mass is 389 g/mol. The molecular weight excluding hydrogens is 370 g/mol. The van der Waals surface area contributed by atoms with E-state index in [1.807, 2.05) is 42.7 Å². The van der Waals surface area contributed by atoms with Crippen molar-refractivity contribution < 1.29 is 18.7 Å². The minimum absolute atomic E-state index is 0.188. The van der Waals surface area contributed by atoms with E-state index in [9.17, 15) is 4.79 Å². The maximum atomic E-state index is 11.6. The van der Waals surface area contributed by atoms with Crippen LogP contribution >= 0.6 is 0 Å². The van der Waals surface area contributed by atoms with Gasteiger partial charge in [0, 0.05) is 34.9 Å². The number of furan rings is 1. The van der Waals surface area contributed by atoms with Gasteiger partial charge in [0.2, 0.25) is 11.6 Å². The molecule has 7 heteroatoms. The summed E-state index contributed by atoms with van der Waals surface area (Å²) >= 11 is 0. The minimum atomic E-state index is -0.491. The van der Waals surface area contributed by atoms with Crippen molar-refractivity contribution >= 4 is 28.8 Å². The maximum Gasteiger partial charge on any atom is 0.373 e. The molecule has 7 nitrogen and oxygen atoms in total. The van der Waals surface area contributed by atoms with E-state index < -0.39 is 5.97 Å². The highest BCUT2D eigenvalue weighted by Gasteiger charge is 2.13. The number of esters is 1. The first-order valence-corrected chi connectivity index (χ1v) is 8.97. The molecule has 0 aliphatic carbocycles. The van der Waals surface area contributed by atoms with Crippen molar-refractivity contribution in [2.45, 2.75) is 6.54 Å². The highest BCUT2D eigenvalue weighted by molar-refractivity contribution is 6.00. The fraction of sp³-hybridized carbons (Fsp3) is 0.136. The van der Waals surface area contributed by atoms with E-state index in [1.54, 1.807) is 31.5 Å². The van der Waals surface area contributed by atoms with Crippen molar-refractivity contribution in [2.24, 2.45) is 4.99 Å². The van der Waals surface area contributed by atoms with Crippen LogP contribution in [0.4, 0.5) is 5.69 Å². The number of methoxy groups -OCH3 is 2. The lowest BCUT2D eigenvalue weighted by molar-refractivity contribution is 0.0563. The molecular formula is C22H19N3O4. The number of carbonyl (C=O) groups excluding carboxylic acids is 1. The topological polar surface area (TPSA) is 78.9 Å². The summed E-state index contributed by atoms with van der Waals surface area (Å²) in [6.45, 7) is 0.482. The van der Waals surface area contributed by atoms with Crippen molar-refractivity contribution in [1.29, 1.82) is 0 Å². The van der Waals surface area contributed by atoms with Gasteiger partial charge in [-0.05, 0) is 24.3 Å². The van der Waals surface area contributed by atoms with Crippen LogP contribution in [0.5, 0.6) is 5.88 Å². The molecule has 0 spiro atoms. The average molecular weight is 389 g/mol. The summed E-state index contributed by atoms with van der Waals surface area (Å²) < 4.78 is 17.4. The molecule has 0 radical (unpaired) electrons. The van der Waals surface area contributed by atoms with Crippen LogP contribution in [-0.2, 0) is 11.3 Å². The first-order valence-electron chi connectivity index (χ1n) is 8.97. The van der Waals surface area contributed by atoms with Gasteiger partial charge in [0.25, 0.3) is 0 Å². The molecule has 0 amide bonds. The van der Waals surface area contributed by atoms with Crippen molar-refractivity contribution in [3.63, 3.8) is 0 Å². The van der Waals surface area contributed by atoms with Crippen LogP contribution in [-0.4, -0.2) is 36.0 Å². The van der Waals surface area contributed by atoms with Crippen LogP contribution in [0.2, 0.25) is 0 Å². The van der Waals surface area contributed by atoms with E-state index in [-0.39, 0.29) is 5.76 Å². The molecule has 0 saturated carbocycles. The van der Waals surface area contributed by atoms with E-state index in [2.05, 4.69) is 14.5 Å². The zero-order valence-electron chi connectivity index (χ0n) is 16.0. The van der Waals surface area contributed by atoms with Gasteiger partial charge in [-0.1, -0.05) is 18.2 Å². The first kappa shape index (κ1) is 18.5. The van der Waals surface area contributed by atoms with Crippen molar-refractivity contribution in [3.05, 3.63) is 78.0 Å². The number of hydrogen-bond acceptors (Lipinski definition) is 6. The number of aliphatic imine (C=N–C) groups is 1. The molecule has 0 aliphatic heterocycles. The number of fused-ring (bicyclic) bond motifs is 1. The molecule has 0 bridgehead atoms. The van der Waals surface area contributed by atoms with Gasteiger partial charge >= 0.3 is 5.97 Å². The number of aromatic nitrogens is 2.